The second-order valence-corrected chi connectivity index (χ2v) is 3.92. The molecule has 0 aliphatic heterocycles. The van der Waals surface area contributed by atoms with Crippen molar-refractivity contribution in [2.45, 2.75) is 32.8 Å². The zero-order chi connectivity index (χ0) is 12.7. The lowest BCUT2D eigenvalue weighted by molar-refractivity contribution is -0.150. The summed E-state index contributed by atoms with van der Waals surface area (Å²) in [5.74, 6) is 0.141. The van der Waals surface area contributed by atoms with Crippen molar-refractivity contribution in [2.24, 2.45) is 0 Å². The molecule has 2 N–H and O–H groups in total. The Labute approximate surface area is 102 Å². The highest BCUT2D eigenvalue weighted by molar-refractivity contribution is 5.71. The number of carbonyl (C=O) groups is 1. The van der Waals surface area contributed by atoms with Crippen molar-refractivity contribution in [2.75, 3.05) is 12.3 Å². The first-order valence-corrected chi connectivity index (χ1v) is 5.80. The molecule has 0 aliphatic rings. The van der Waals surface area contributed by atoms with Crippen LogP contribution in [0.25, 0.3) is 0 Å². The van der Waals surface area contributed by atoms with Crippen molar-refractivity contribution in [3.63, 3.8) is 0 Å². The molecule has 1 aromatic carbocycles. The summed E-state index contributed by atoms with van der Waals surface area (Å²) in [7, 11) is 0. The van der Waals surface area contributed by atoms with Crippen molar-refractivity contribution < 1.29 is 14.3 Å². The minimum Gasteiger partial charge on any atom is -0.480 e. The van der Waals surface area contributed by atoms with Crippen LogP contribution in [0, 0.1) is 0 Å². The van der Waals surface area contributed by atoms with Gasteiger partial charge in [-0.05, 0) is 25.5 Å². The number of anilines is 1. The zero-order valence-corrected chi connectivity index (χ0v) is 10.3. The number of hydrogen-bond donors (Lipinski definition) is 1. The summed E-state index contributed by atoms with van der Waals surface area (Å²) in [5.41, 5.74) is 6.19. The van der Waals surface area contributed by atoms with E-state index in [9.17, 15) is 4.79 Å². The van der Waals surface area contributed by atoms with E-state index in [-0.39, 0.29) is 18.7 Å². The first kappa shape index (κ1) is 13.4. The second-order valence-electron chi connectivity index (χ2n) is 3.92. The van der Waals surface area contributed by atoms with Crippen LogP contribution in [0.3, 0.4) is 0 Å². The Morgan fingerprint density at radius 3 is 2.76 bits per heavy atom. The van der Waals surface area contributed by atoms with Crippen LogP contribution < -0.4 is 10.5 Å². The van der Waals surface area contributed by atoms with Gasteiger partial charge in [0.25, 0.3) is 0 Å². The van der Waals surface area contributed by atoms with Gasteiger partial charge in [0, 0.05) is 0 Å². The van der Waals surface area contributed by atoms with Crippen LogP contribution in [0.1, 0.15) is 26.7 Å². The first-order chi connectivity index (χ1) is 8.13. The van der Waals surface area contributed by atoms with Gasteiger partial charge in [-0.3, -0.25) is 0 Å². The molecule has 4 nitrogen and oxygen atoms in total. The van der Waals surface area contributed by atoms with E-state index in [0.717, 1.165) is 12.8 Å². The van der Waals surface area contributed by atoms with E-state index in [1.165, 1.54) is 0 Å². The van der Waals surface area contributed by atoms with Gasteiger partial charge >= 0.3 is 5.97 Å². The molecule has 0 bridgehead atoms. The van der Waals surface area contributed by atoms with E-state index in [1.807, 2.05) is 19.9 Å². The van der Waals surface area contributed by atoms with Crippen LogP contribution in [0.5, 0.6) is 5.75 Å². The van der Waals surface area contributed by atoms with Gasteiger partial charge in [0.15, 0.2) is 6.61 Å². The second kappa shape index (κ2) is 6.78. The maximum atomic E-state index is 11.4. The van der Waals surface area contributed by atoms with E-state index >= 15 is 0 Å². The lowest BCUT2D eigenvalue weighted by atomic mass is 10.2. The number of benzene rings is 1. The molecule has 0 amide bonds. The van der Waals surface area contributed by atoms with Crippen LogP contribution in [0.4, 0.5) is 5.69 Å². The Hall–Kier alpha value is -1.71. The maximum absolute atomic E-state index is 11.4. The summed E-state index contributed by atoms with van der Waals surface area (Å²) >= 11 is 0. The fourth-order valence-corrected chi connectivity index (χ4v) is 1.47. The molecule has 17 heavy (non-hydrogen) atoms. The third-order valence-electron chi connectivity index (χ3n) is 2.29. The summed E-state index contributed by atoms with van der Waals surface area (Å²) < 4.78 is 10.4. The number of para-hydroxylation sites is 2. The molecule has 1 unspecified atom stereocenters. The molecule has 0 saturated carbocycles. The van der Waals surface area contributed by atoms with Crippen LogP contribution in [0.15, 0.2) is 24.3 Å². The number of esters is 1. The van der Waals surface area contributed by atoms with Gasteiger partial charge in [-0.25, -0.2) is 4.79 Å². The average molecular weight is 237 g/mol. The van der Waals surface area contributed by atoms with Gasteiger partial charge in [0.2, 0.25) is 0 Å². The Kier molecular flexibility index (Phi) is 5.33. The molecule has 1 atom stereocenters. The molecular formula is C13H19NO3. The molecule has 1 rings (SSSR count). The molecule has 0 radical (unpaired) electrons. The maximum Gasteiger partial charge on any atom is 0.344 e. The number of rotatable bonds is 6. The van der Waals surface area contributed by atoms with Gasteiger partial charge < -0.3 is 15.2 Å². The normalized spacial score (nSPS) is 11.9. The Bertz CT molecular complexity index is 365. The topological polar surface area (TPSA) is 61.5 Å². The molecule has 0 saturated heterocycles. The number of ether oxygens (including phenoxy) is 2. The standard InChI is InChI=1S/C13H19NO3/c1-3-6-10(2)17-13(15)9-16-12-8-5-4-7-11(12)14/h4-5,7-8,10H,3,6,9,14H2,1-2H3. The SMILES string of the molecule is CCCC(C)OC(=O)COc1ccccc1N. The Morgan fingerprint density at radius 2 is 2.12 bits per heavy atom. The number of carbonyl (C=O) groups excluding carboxylic acids is 1. The van der Waals surface area contributed by atoms with E-state index < -0.39 is 0 Å². The highest BCUT2D eigenvalue weighted by Gasteiger charge is 2.10. The molecule has 4 heteroatoms. The third kappa shape index (κ3) is 4.76. The summed E-state index contributed by atoms with van der Waals surface area (Å²) in [6.45, 7) is 3.81. The highest BCUT2D eigenvalue weighted by Crippen LogP contribution is 2.19. The smallest absolute Gasteiger partial charge is 0.344 e. The summed E-state index contributed by atoms with van der Waals surface area (Å²) in [5, 5.41) is 0. The monoisotopic (exact) mass is 237 g/mol. The number of nitrogens with two attached hydrogens (primary N) is 1. The third-order valence-corrected chi connectivity index (χ3v) is 2.29. The number of hydrogen-bond acceptors (Lipinski definition) is 4. The number of nitrogen functional groups attached to an aromatic ring is 1. The van der Waals surface area contributed by atoms with Crippen LogP contribution in [-0.2, 0) is 9.53 Å². The van der Waals surface area contributed by atoms with Crippen molar-refractivity contribution in [1.82, 2.24) is 0 Å². The van der Waals surface area contributed by atoms with Crippen LogP contribution >= 0.6 is 0 Å². The van der Waals surface area contributed by atoms with E-state index in [0.29, 0.717) is 11.4 Å². The fraction of sp³-hybridized carbons (Fsp3) is 0.462. The molecule has 0 heterocycles. The lowest BCUT2D eigenvalue weighted by Gasteiger charge is -2.13. The van der Waals surface area contributed by atoms with Crippen molar-refractivity contribution in [1.29, 1.82) is 0 Å². The Morgan fingerprint density at radius 1 is 1.41 bits per heavy atom. The molecule has 0 fully saturated rings. The minimum absolute atomic E-state index is 0.0655. The summed E-state index contributed by atoms with van der Waals surface area (Å²) in [6, 6.07) is 7.05. The fourth-order valence-electron chi connectivity index (χ4n) is 1.47. The van der Waals surface area contributed by atoms with Crippen molar-refractivity contribution >= 4 is 11.7 Å². The summed E-state index contributed by atoms with van der Waals surface area (Å²) in [4.78, 5) is 11.4. The van der Waals surface area contributed by atoms with Gasteiger partial charge in [0.1, 0.15) is 5.75 Å². The molecule has 1 aromatic rings. The quantitative estimate of drug-likeness (QED) is 0.609. The molecule has 94 valence electrons. The highest BCUT2D eigenvalue weighted by atomic mass is 16.6. The largest absolute Gasteiger partial charge is 0.480 e. The molecule has 0 spiro atoms. The lowest BCUT2D eigenvalue weighted by Crippen LogP contribution is -2.20. The molecule has 0 aliphatic carbocycles. The molecule has 0 aromatic heterocycles. The molecular weight excluding hydrogens is 218 g/mol. The zero-order valence-electron chi connectivity index (χ0n) is 10.3. The van der Waals surface area contributed by atoms with E-state index in [4.69, 9.17) is 15.2 Å². The van der Waals surface area contributed by atoms with Gasteiger partial charge in [-0.2, -0.15) is 0 Å². The average Bonchev–Trinajstić information content (AvgIpc) is 2.28. The predicted octanol–water partition coefficient (Wildman–Crippen LogP) is 2.38. The van der Waals surface area contributed by atoms with E-state index in [1.54, 1.807) is 18.2 Å². The predicted molar refractivity (Wildman–Crippen MR) is 66.8 cm³/mol. The van der Waals surface area contributed by atoms with Crippen LogP contribution in [0.2, 0.25) is 0 Å². The first-order valence-electron chi connectivity index (χ1n) is 5.80. The van der Waals surface area contributed by atoms with Crippen LogP contribution in [-0.4, -0.2) is 18.7 Å². The van der Waals surface area contributed by atoms with Gasteiger partial charge in [0.05, 0.1) is 11.8 Å². The van der Waals surface area contributed by atoms with Crippen molar-refractivity contribution in [3.8, 4) is 5.75 Å². The van der Waals surface area contributed by atoms with Gasteiger partial charge in [-0.15, -0.1) is 0 Å². The summed E-state index contributed by atoms with van der Waals surface area (Å²) in [6.07, 6.45) is 1.78. The van der Waals surface area contributed by atoms with E-state index in [2.05, 4.69) is 0 Å². The minimum atomic E-state index is -0.366. The van der Waals surface area contributed by atoms with Gasteiger partial charge in [-0.1, -0.05) is 25.5 Å². The Balaban J connectivity index is 2.36. The van der Waals surface area contributed by atoms with Crippen molar-refractivity contribution in [3.05, 3.63) is 24.3 Å².